The molecular weight excluding hydrogens is 162 g/mol. The van der Waals surface area contributed by atoms with Crippen molar-refractivity contribution in [2.24, 2.45) is 0 Å². The van der Waals surface area contributed by atoms with Crippen LogP contribution >= 0.6 is 0 Å². The van der Waals surface area contributed by atoms with Crippen molar-refractivity contribution >= 4 is 20.2 Å². The summed E-state index contributed by atoms with van der Waals surface area (Å²) in [5.41, 5.74) is 0. The summed E-state index contributed by atoms with van der Waals surface area (Å²) in [5.74, 6) is 0. The molecule has 0 aliphatic rings. The van der Waals surface area contributed by atoms with E-state index in [2.05, 4.69) is 25.0 Å². The van der Waals surface area contributed by atoms with Gasteiger partial charge in [0, 0.05) is 11.2 Å². The average molecular weight is 175 g/mol. The predicted octanol–water partition coefficient (Wildman–Crippen LogP) is 1.26. The van der Waals surface area contributed by atoms with Gasteiger partial charge in [0.1, 0.15) is 0 Å². The van der Waals surface area contributed by atoms with Crippen molar-refractivity contribution in [3.05, 3.63) is 0 Å². The van der Waals surface area contributed by atoms with E-state index in [0.29, 0.717) is 0 Å². The minimum absolute atomic E-state index is 0. The summed E-state index contributed by atoms with van der Waals surface area (Å²) in [6, 6.07) is 0. The maximum atomic E-state index is 9.11. The smallest absolute Gasteiger partial charge is 0.263 e. The fourth-order valence-corrected chi connectivity index (χ4v) is 0. The number of hydrogen-bond donors (Lipinski definition) is 3. The Labute approximate surface area is 60.6 Å². The standard InChI is InChI=1S/C3H8.H3N.H2O3S2/c1-3-2;;1-5(2,3)4/h3H2,1-2H3;1H3;(H2,1,2,3,4). The second-order valence-corrected chi connectivity index (χ2v) is 3.35. The molecule has 0 saturated carbocycles. The molecule has 0 aromatic carbocycles. The van der Waals surface area contributed by atoms with Crippen LogP contribution in [0.2, 0.25) is 0 Å². The van der Waals surface area contributed by atoms with E-state index in [1.54, 1.807) is 0 Å². The monoisotopic (exact) mass is 175 g/mol. The molecule has 0 heterocycles. The molecule has 0 aliphatic carbocycles. The maximum absolute atomic E-state index is 9.11. The second kappa shape index (κ2) is 8.25. The van der Waals surface area contributed by atoms with Crippen LogP contribution in [-0.2, 0) is 20.2 Å². The van der Waals surface area contributed by atoms with Crippen LogP contribution in [0.5, 0.6) is 0 Å². The Kier molecular flexibility index (Phi) is 14.8. The van der Waals surface area contributed by atoms with Gasteiger partial charge in [0.25, 0.3) is 9.05 Å². The van der Waals surface area contributed by atoms with Crippen LogP contribution in [0.4, 0.5) is 0 Å². The third kappa shape index (κ3) is 5160. The number of hydrogen-bond acceptors (Lipinski definition) is 3. The summed E-state index contributed by atoms with van der Waals surface area (Å²) in [4.78, 5) is 0. The van der Waals surface area contributed by atoms with Crippen LogP contribution in [-0.4, -0.2) is 13.3 Å². The highest BCUT2D eigenvalue weighted by molar-refractivity contribution is 8.26. The molecule has 60 valence electrons. The first-order chi connectivity index (χ1) is 3.41. The molecule has 4 nitrogen and oxygen atoms in total. The lowest BCUT2D eigenvalue weighted by atomic mass is 10.6. The molecule has 0 fully saturated rings. The van der Waals surface area contributed by atoms with Gasteiger partial charge in [-0.05, 0) is 0 Å². The topological polar surface area (TPSA) is 92.5 Å². The van der Waals surface area contributed by atoms with Crippen LogP contribution in [0.25, 0.3) is 0 Å². The van der Waals surface area contributed by atoms with Gasteiger partial charge in [0.2, 0.25) is 0 Å². The van der Waals surface area contributed by atoms with Crippen molar-refractivity contribution in [2.45, 2.75) is 20.3 Å². The zero-order valence-electron chi connectivity index (χ0n) is 5.53. The van der Waals surface area contributed by atoms with Crippen molar-refractivity contribution in [3.63, 3.8) is 0 Å². The van der Waals surface area contributed by atoms with Gasteiger partial charge in [-0.1, -0.05) is 20.3 Å². The van der Waals surface area contributed by atoms with Crippen molar-refractivity contribution < 1.29 is 13.3 Å². The van der Waals surface area contributed by atoms with Gasteiger partial charge >= 0.3 is 0 Å². The predicted molar refractivity (Wildman–Crippen MR) is 41.8 cm³/mol. The molecule has 0 atom stereocenters. The Morgan fingerprint density at radius 3 is 1.44 bits per heavy atom. The quantitative estimate of drug-likeness (QED) is 0.515. The van der Waals surface area contributed by atoms with Gasteiger partial charge in [0.15, 0.2) is 0 Å². The highest BCUT2D eigenvalue weighted by atomic mass is 32.9. The molecule has 0 rings (SSSR count). The number of rotatable bonds is 0. The summed E-state index contributed by atoms with van der Waals surface area (Å²) in [6.07, 6.45) is 1.25. The molecule has 0 bridgehead atoms. The Morgan fingerprint density at radius 1 is 1.44 bits per heavy atom. The molecule has 5 N–H and O–H groups in total. The fraction of sp³-hybridized carbons (Fsp3) is 1.00. The van der Waals surface area contributed by atoms with E-state index in [1.165, 1.54) is 6.42 Å². The van der Waals surface area contributed by atoms with E-state index in [-0.39, 0.29) is 6.15 Å². The molecular formula is C3H13NO3S2. The summed E-state index contributed by atoms with van der Waals surface area (Å²) < 4.78 is 24.0. The van der Waals surface area contributed by atoms with Crippen molar-refractivity contribution in [3.8, 4) is 0 Å². The van der Waals surface area contributed by atoms with Crippen LogP contribution in [0.1, 0.15) is 20.3 Å². The molecule has 0 unspecified atom stereocenters. The normalized spacial score (nSPS) is 8.44. The highest BCUT2D eigenvalue weighted by Crippen LogP contribution is 1.62. The first-order valence-corrected chi connectivity index (χ1v) is 4.51. The van der Waals surface area contributed by atoms with E-state index in [0.717, 1.165) is 0 Å². The van der Waals surface area contributed by atoms with Crippen LogP contribution in [0, 0.1) is 0 Å². The van der Waals surface area contributed by atoms with E-state index >= 15 is 0 Å². The van der Waals surface area contributed by atoms with Crippen LogP contribution in [0.3, 0.4) is 0 Å². The largest absolute Gasteiger partial charge is 0.344 e. The Hall–Kier alpha value is 0.250. The molecule has 0 amide bonds. The SMILES string of the molecule is CCC.N.O=S(O)(O)=S. The summed E-state index contributed by atoms with van der Waals surface area (Å²) in [7, 11) is -3.83. The van der Waals surface area contributed by atoms with E-state index in [9.17, 15) is 0 Å². The lowest BCUT2D eigenvalue weighted by Crippen LogP contribution is -1.86. The lowest BCUT2D eigenvalue weighted by Gasteiger charge is -1.73. The Morgan fingerprint density at radius 2 is 1.44 bits per heavy atom. The van der Waals surface area contributed by atoms with Crippen LogP contribution in [0.15, 0.2) is 0 Å². The minimum atomic E-state index is -3.83. The molecule has 9 heavy (non-hydrogen) atoms. The summed E-state index contributed by atoms with van der Waals surface area (Å²) in [5, 5.41) is 0. The van der Waals surface area contributed by atoms with Gasteiger partial charge in [-0.15, -0.1) is 0 Å². The van der Waals surface area contributed by atoms with Gasteiger partial charge in [-0.2, -0.15) is 4.21 Å². The van der Waals surface area contributed by atoms with Crippen molar-refractivity contribution in [1.82, 2.24) is 6.15 Å². The molecule has 0 aromatic rings. The van der Waals surface area contributed by atoms with E-state index < -0.39 is 9.05 Å². The van der Waals surface area contributed by atoms with Gasteiger partial charge in [0.05, 0.1) is 0 Å². The zero-order chi connectivity index (χ0) is 7.21. The summed E-state index contributed by atoms with van der Waals surface area (Å²) >= 11 is 3.47. The average Bonchev–Trinajstić information content (AvgIpc) is 1.27. The molecule has 6 heteroatoms. The minimum Gasteiger partial charge on any atom is -0.344 e. The fourth-order valence-electron chi connectivity index (χ4n) is 0. The van der Waals surface area contributed by atoms with Gasteiger partial charge in [-0.3, -0.25) is 9.11 Å². The molecule has 0 saturated heterocycles. The van der Waals surface area contributed by atoms with E-state index in [4.69, 9.17) is 13.3 Å². The lowest BCUT2D eigenvalue weighted by molar-refractivity contribution is 0.450. The van der Waals surface area contributed by atoms with E-state index in [1.807, 2.05) is 0 Å². The summed E-state index contributed by atoms with van der Waals surface area (Å²) in [6.45, 7) is 4.25. The van der Waals surface area contributed by atoms with Crippen molar-refractivity contribution in [1.29, 1.82) is 0 Å². The molecule has 0 radical (unpaired) electrons. The third-order valence-electron chi connectivity index (χ3n) is 0. The molecule has 0 aromatic heterocycles. The highest BCUT2D eigenvalue weighted by Gasteiger charge is 1.78. The van der Waals surface area contributed by atoms with Crippen LogP contribution < -0.4 is 6.15 Å². The maximum Gasteiger partial charge on any atom is 0.263 e. The second-order valence-electron chi connectivity index (χ2n) is 1.15. The third-order valence-corrected chi connectivity index (χ3v) is 0. The molecule has 0 aliphatic heterocycles. The van der Waals surface area contributed by atoms with Gasteiger partial charge < -0.3 is 6.15 Å². The first-order valence-electron chi connectivity index (χ1n) is 2.11. The van der Waals surface area contributed by atoms with Crippen molar-refractivity contribution in [2.75, 3.05) is 0 Å². The molecule has 0 spiro atoms. The first kappa shape index (κ1) is 16.1. The van der Waals surface area contributed by atoms with Gasteiger partial charge in [-0.25, -0.2) is 0 Å². The Bertz CT molecular complexity index is 111. The zero-order valence-corrected chi connectivity index (χ0v) is 7.17. The Balaban J connectivity index is -0.0000000800.